The molecule has 1 aliphatic heterocycles. The van der Waals surface area contributed by atoms with Gasteiger partial charge in [-0.2, -0.15) is 4.31 Å². The number of nitrogens with zero attached hydrogens (tertiary/aromatic N) is 1. The molecular formula is C14H19Cl2NO4S2. The predicted octanol–water partition coefficient (Wildman–Crippen LogP) is 2.83. The predicted molar refractivity (Wildman–Crippen MR) is 92.3 cm³/mol. The molecule has 9 heteroatoms. The van der Waals surface area contributed by atoms with Crippen LogP contribution in [0.15, 0.2) is 23.1 Å². The van der Waals surface area contributed by atoms with Crippen LogP contribution in [-0.2, 0) is 19.9 Å². The minimum Gasteiger partial charge on any atom is -0.229 e. The molecule has 0 bridgehead atoms. The van der Waals surface area contributed by atoms with Crippen molar-refractivity contribution < 1.29 is 16.8 Å². The molecule has 1 heterocycles. The summed E-state index contributed by atoms with van der Waals surface area (Å²) in [4.78, 5) is -0.159. The Morgan fingerprint density at radius 1 is 1.26 bits per heavy atom. The van der Waals surface area contributed by atoms with Crippen molar-refractivity contribution in [3.05, 3.63) is 28.2 Å². The number of hydrogen-bond donors (Lipinski definition) is 0. The van der Waals surface area contributed by atoms with Crippen molar-refractivity contribution in [3.63, 3.8) is 0 Å². The minimum absolute atomic E-state index is 0.00195. The van der Waals surface area contributed by atoms with Gasteiger partial charge in [0.15, 0.2) is 9.84 Å². The number of sulfone groups is 1. The first-order chi connectivity index (χ1) is 10.5. The molecule has 1 atom stereocenters. The molecule has 1 aromatic carbocycles. The highest BCUT2D eigenvalue weighted by Crippen LogP contribution is 2.34. The van der Waals surface area contributed by atoms with E-state index in [-0.39, 0.29) is 45.3 Å². The standard InChI is InChI=1S/C14H19Cl2NO4S2/c1-10(2)8-17(11-6-7-22(18,19)9-11)23(20,21)14-12(15)4-3-5-13(14)16/h3-5,10-11H,6-9H2,1-2H3/t11-/m0/s1. The normalized spacial score (nSPS) is 21.2. The van der Waals surface area contributed by atoms with Crippen molar-refractivity contribution in [2.75, 3.05) is 18.1 Å². The van der Waals surface area contributed by atoms with E-state index in [0.29, 0.717) is 0 Å². The van der Waals surface area contributed by atoms with Crippen molar-refractivity contribution in [2.45, 2.75) is 31.2 Å². The van der Waals surface area contributed by atoms with Crippen molar-refractivity contribution in [2.24, 2.45) is 5.92 Å². The second-order valence-electron chi connectivity index (χ2n) is 6.08. The quantitative estimate of drug-likeness (QED) is 0.762. The Kier molecular flexibility index (Phi) is 5.68. The minimum atomic E-state index is -3.99. The lowest BCUT2D eigenvalue weighted by atomic mass is 10.2. The molecule has 0 aliphatic carbocycles. The summed E-state index contributed by atoms with van der Waals surface area (Å²) in [7, 11) is -7.20. The molecular weight excluding hydrogens is 381 g/mol. The highest BCUT2D eigenvalue weighted by Gasteiger charge is 2.40. The molecule has 5 nitrogen and oxygen atoms in total. The number of halogens is 2. The number of hydrogen-bond acceptors (Lipinski definition) is 4. The highest BCUT2D eigenvalue weighted by molar-refractivity contribution is 7.92. The van der Waals surface area contributed by atoms with Gasteiger partial charge in [-0.15, -0.1) is 0 Å². The average molecular weight is 400 g/mol. The van der Waals surface area contributed by atoms with E-state index in [4.69, 9.17) is 23.2 Å². The van der Waals surface area contributed by atoms with Gasteiger partial charge >= 0.3 is 0 Å². The van der Waals surface area contributed by atoms with E-state index in [0.717, 1.165) is 0 Å². The fraction of sp³-hybridized carbons (Fsp3) is 0.571. The molecule has 130 valence electrons. The van der Waals surface area contributed by atoms with Gasteiger partial charge < -0.3 is 0 Å². The third-order valence-corrected chi connectivity index (χ3v) is 8.27. The first-order valence-electron chi connectivity index (χ1n) is 7.21. The summed E-state index contributed by atoms with van der Waals surface area (Å²) < 4.78 is 50.9. The molecule has 0 N–H and O–H groups in total. The van der Waals surface area contributed by atoms with Crippen LogP contribution in [0.4, 0.5) is 0 Å². The number of benzene rings is 1. The Bertz CT molecular complexity index is 771. The van der Waals surface area contributed by atoms with E-state index in [1.807, 2.05) is 13.8 Å². The first-order valence-corrected chi connectivity index (χ1v) is 11.2. The largest absolute Gasteiger partial charge is 0.246 e. The van der Waals surface area contributed by atoms with Crippen molar-refractivity contribution >= 4 is 43.1 Å². The maximum absolute atomic E-state index is 13.1. The van der Waals surface area contributed by atoms with E-state index in [1.54, 1.807) is 6.07 Å². The third-order valence-electron chi connectivity index (χ3n) is 3.65. The molecule has 1 aromatic rings. The van der Waals surface area contributed by atoms with Gasteiger partial charge in [-0.25, -0.2) is 16.8 Å². The average Bonchev–Trinajstić information content (AvgIpc) is 2.75. The number of rotatable bonds is 5. The van der Waals surface area contributed by atoms with Crippen LogP contribution in [0.25, 0.3) is 0 Å². The van der Waals surface area contributed by atoms with Gasteiger partial charge in [0.2, 0.25) is 10.0 Å². The molecule has 0 spiro atoms. The van der Waals surface area contributed by atoms with Gasteiger partial charge in [0.1, 0.15) is 4.90 Å². The Morgan fingerprint density at radius 3 is 2.26 bits per heavy atom. The first kappa shape index (κ1) is 19.0. The van der Waals surface area contributed by atoms with Gasteiger partial charge in [0.25, 0.3) is 0 Å². The van der Waals surface area contributed by atoms with Crippen LogP contribution in [0.2, 0.25) is 10.0 Å². The lowest BCUT2D eigenvalue weighted by molar-refractivity contribution is 0.308. The maximum Gasteiger partial charge on any atom is 0.246 e. The van der Waals surface area contributed by atoms with E-state index in [9.17, 15) is 16.8 Å². The van der Waals surface area contributed by atoms with Crippen LogP contribution < -0.4 is 0 Å². The Morgan fingerprint density at radius 2 is 1.83 bits per heavy atom. The fourth-order valence-corrected chi connectivity index (χ4v) is 7.39. The molecule has 1 saturated heterocycles. The van der Waals surface area contributed by atoms with Gasteiger partial charge in [-0.3, -0.25) is 0 Å². The second kappa shape index (κ2) is 6.88. The summed E-state index contributed by atoms with van der Waals surface area (Å²) in [5.74, 6) is -0.131. The Hall–Kier alpha value is -0.340. The molecule has 0 saturated carbocycles. The molecule has 1 aliphatic rings. The summed E-state index contributed by atoms with van der Waals surface area (Å²) in [6, 6.07) is 3.90. The van der Waals surface area contributed by atoms with E-state index in [2.05, 4.69) is 0 Å². The topological polar surface area (TPSA) is 71.5 Å². The van der Waals surface area contributed by atoms with Gasteiger partial charge in [0.05, 0.1) is 21.6 Å². The van der Waals surface area contributed by atoms with Crippen molar-refractivity contribution in [3.8, 4) is 0 Å². The zero-order chi connectivity index (χ0) is 17.4. The zero-order valence-electron chi connectivity index (χ0n) is 12.9. The van der Waals surface area contributed by atoms with Crippen molar-refractivity contribution in [1.82, 2.24) is 4.31 Å². The zero-order valence-corrected chi connectivity index (χ0v) is 16.0. The summed E-state index contributed by atoms with van der Waals surface area (Å²) >= 11 is 12.1. The van der Waals surface area contributed by atoms with Crippen LogP contribution in [-0.4, -0.2) is 45.2 Å². The molecule has 1 fully saturated rings. The van der Waals surface area contributed by atoms with E-state index >= 15 is 0 Å². The van der Waals surface area contributed by atoms with E-state index < -0.39 is 25.9 Å². The summed E-state index contributed by atoms with van der Waals surface area (Å²) in [5.41, 5.74) is 0. The molecule has 0 unspecified atom stereocenters. The van der Waals surface area contributed by atoms with Crippen LogP contribution >= 0.6 is 23.2 Å². The van der Waals surface area contributed by atoms with Crippen LogP contribution in [0, 0.1) is 5.92 Å². The smallest absolute Gasteiger partial charge is 0.229 e. The van der Waals surface area contributed by atoms with E-state index in [1.165, 1.54) is 16.4 Å². The number of sulfonamides is 1. The highest BCUT2D eigenvalue weighted by atomic mass is 35.5. The van der Waals surface area contributed by atoms with Gasteiger partial charge in [0, 0.05) is 12.6 Å². The van der Waals surface area contributed by atoms with Crippen LogP contribution in [0.5, 0.6) is 0 Å². The van der Waals surface area contributed by atoms with Crippen molar-refractivity contribution in [1.29, 1.82) is 0 Å². The molecule has 0 radical (unpaired) electrons. The molecule has 2 rings (SSSR count). The third kappa shape index (κ3) is 4.20. The summed E-state index contributed by atoms with van der Waals surface area (Å²) in [6.07, 6.45) is 0.288. The molecule has 0 aromatic heterocycles. The van der Waals surface area contributed by atoms with Crippen LogP contribution in [0.3, 0.4) is 0 Å². The summed E-state index contributed by atoms with van der Waals surface area (Å²) in [5, 5.41) is 0.0687. The SMILES string of the molecule is CC(C)CN([C@H]1CCS(=O)(=O)C1)S(=O)(=O)c1c(Cl)cccc1Cl. The fourth-order valence-electron chi connectivity index (χ4n) is 2.65. The Labute approximate surface area is 147 Å². The maximum atomic E-state index is 13.1. The monoisotopic (exact) mass is 399 g/mol. The Balaban J connectivity index is 2.50. The lowest BCUT2D eigenvalue weighted by Crippen LogP contribution is -2.43. The van der Waals surface area contributed by atoms with Gasteiger partial charge in [-0.05, 0) is 24.5 Å². The summed E-state index contributed by atoms with van der Waals surface area (Å²) in [6.45, 7) is 3.96. The second-order valence-corrected chi connectivity index (χ2v) is 10.9. The van der Waals surface area contributed by atoms with Gasteiger partial charge in [-0.1, -0.05) is 43.1 Å². The molecule has 0 amide bonds. The van der Waals surface area contributed by atoms with Crippen LogP contribution in [0.1, 0.15) is 20.3 Å². The lowest BCUT2D eigenvalue weighted by Gasteiger charge is -2.29. The molecule has 23 heavy (non-hydrogen) atoms.